The topological polar surface area (TPSA) is 51.6 Å². The average Bonchev–Trinajstić information content (AvgIpc) is 3.67. The maximum Gasteiger partial charge on any atom is 0.164 e. The maximum absolute atomic E-state index is 5.42. The van der Waals surface area contributed by atoms with Gasteiger partial charge in [0.15, 0.2) is 17.5 Å². The summed E-state index contributed by atoms with van der Waals surface area (Å²) in [5, 5.41) is 3.41. The van der Waals surface area contributed by atoms with Crippen molar-refractivity contribution in [3.63, 3.8) is 0 Å². The first-order valence-corrected chi connectivity index (χ1v) is 23.1. The minimum Gasteiger partial charge on any atom is -0.247 e. The van der Waals surface area contributed by atoms with E-state index < -0.39 is 5.41 Å². The van der Waals surface area contributed by atoms with Gasteiger partial charge in [0.25, 0.3) is 0 Å². The molecule has 0 amide bonds. The van der Waals surface area contributed by atoms with Crippen LogP contribution in [-0.2, 0) is 5.41 Å². The predicted octanol–water partition coefficient (Wildman–Crippen LogP) is 15.4. The SMILES string of the molecule is C=C(/C=C\C(=C/C)c1ccccc1)c1nc(C(=C)/C=C\C(=C/C)c2nc3ccccc3c3c4c(ccc23)C2(c3ccccc3Sc3ccccc32)c2ccccc2-4)nc(-c2ccccc2)n1. The Kier molecular flexibility index (Phi) is 10.4. The first kappa shape index (κ1) is 40.8. The van der Waals surface area contributed by atoms with Gasteiger partial charge in [-0.05, 0) is 82.1 Å². The van der Waals surface area contributed by atoms with Crippen molar-refractivity contribution in [3.05, 3.63) is 265 Å². The fourth-order valence-corrected chi connectivity index (χ4v) is 11.0. The third-order valence-electron chi connectivity index (χ3n) is 12.8. The molecule has 0 unspecified atom stereocenters. The normalized spacial score (nSPS) is 13.8. The Labute approximate surface area is 389 Å². The van der Waals surface area contributed by atoms with Crippen LogP contribution in [-0.4, -0.2) is 19.9 Å². The number of allylic oxidation sites excluding steroid dienone is 10. The molecule has 0 radical (unpaired) electrons. The largest absolute Gasteiger partial charge is 0.247 e. The molecule has 66 heavy (non-hydrogen) atoms. The second-order valence-corrected chi connectivity index (χ2v) is 17.6. The van der Waals surface area contributed by atoms with E-state index in [1.165, 1.54) is 48.6 Å². The molecule has 0 saturated heterocycles. The quantitative estimate of drug-likeness (QED) is 0.107. The highest BCUT2D eigenvalue weighted by molar-refractivity contribution is 7.99. The zero-order valence-corrected chi connectivity index (χ0v) is 37.6. The molecule has 0 bridgehead atoms. The number of hydrogen-bond acceptors (Lipinski definition) is 5. The van der Waals surface area contributed by atoms with E-state index in [2.05, 4.69) is 166 Å². The highest BCUT2D eigenvalue weighted by atomic mass is 32.2. The van der Waals surface area contributed by atoms with Gasteiger partial charge in [-0.3, -0.25) is 0 Å². The fourth-order valence-electron chi connectivity index (χ4n) is 9.81. The Morgan fingerprint density at radius 1 is 0.485 bits per heavy atom. The predicted molar refractivity (Wildman–Crippen MR) is 276 cm³/mol. The molecule has 0 saturated carbocycles. The van der Waals surface area contributed by atoms with Crippen LogP contribution in [0.25, 0.3) is 66.5 Å². The van der Waals surface area contributed by atoms with Crippen LogP contribution in [0.4, 0.5) is 0 Å². The lowest BCUT2D eigenvalue weighted by molar-refractivity contribution is 0.723. The van der Waals surface area contributed by atoms with E-state index in [-0.39, 0.29) is 0 Å². The van der Waals surface area contributed by atoms with Crippen molar-refractivity contribution in [2.45, 2.75) is 29.1 Å². The lowest BCUT2D eigenvalue weighted by atomic mass is 9.67. The van der Waals surface area contributed by atoms with Crippen molar-refractivity contribution in [2.75, 3.05) is 0 Å². The Morgan fingerprint density at radius 2 is 1.05 bits per heavy atom. The molecule has 7 aromatic carbocycles. The minimum atomic E-state index is -0.482. The summed E-state index contributed by atoms with van der Waals surface area (Å²) in [7, 11) is 0. The molecule has 4 nitrogen and oxygen atoms in total. The zero-order chi connectivity index (χ0) is 44.8. The molecule has 314 valence electrons. The van der Waals surface area contributed by atoms with Gasteiger partial charge in [-0.2, -0.15) is 0 Å². The second-order valence-electron chi connectivity index (χ2n) is 16.5. The molecular formula is C61H44N4S. The molecule has 0 N–H and O–H groups in total. The van der Waals surface area contributed by atoms with E-state index in [4.69, 9.17) is 19.9 Å². The van der Waals surface area contributed by atoms with Gasteiger partial charge >= 0.3 is 0 Å². The minimum absolute atomic E-state index is 0.469. The third kappa shape index (κ3) is 6.70. The van der Waals surface area contributed by atoms with Crippen molar-refractivity contribution in [1.82, 2.24) is 19.9 Å². The summed E-state index contributed by atoms with van der Waals surface area (Å²) in [6, 6.07) is 60.4. The fraction of sp³-hybridized carbons (Fsp3) is 0.0492. The summed E-state index contributed by atoms with van der Waals surface area (Å²) >= 11 is 1.86. The van der Waals surface area contributed by atoms with E-state index in [1.54, 1.807) is 0 Å². The van der Waals surface area contributed by atoms with Crippen LogP contribution in [0.3, 0.4) is 0 Å². The monoisotopic (exact) mass is 864 g/mol. The molecule has 1 aliphatic carbocycles. The van der Waals surface area contributed by atoms with Gasteiger partial charge in [0, 0.05) is 42.7 Å². The van der Waals surface area contributed by atoms with Crippen molar-refractivity contribution in [2.24, 2.45) is 0 Å². The van der Waals surface area contributed by atoms with Crippen LogP contribution in [0, 0.1) is 0 Å². The van der Waals surface area contributed by atoms with Crippen molar-refractivity contribution in [3.8, 4) is 22.5 Å². The summed E-state index contributed by atoms with van der Waals surface area (Å²) in [5.74, 6) is 1.50. The summed E-state index contributed by atoms with van der Waals surface area (Å²) in [5.41, 5.74) is 14.4. The van der Waals surface area contributed by atoms with Gasteiger partial charge in [-0.25, -0.2) is 19.9 Å². The summed E-state index contributed by atoms with van der Waals surface area (Å²) < 4.78 is 0. The van der Waals surface area contributed by atoms with Gasteiger partial charge in [0.1, 0.15) is 0 Å². The van der Waals surface area contributed by atoms with Crippen molar-refractivity contribution >= 4 is 55.7 Å². The van der Waals surface area contributed by atoms with Gasteiger partial charge in [-0.15, -0.1) is 0 Å². The van der Waals surface area contributed by atoms with Gasteiger partial charge in [0.05, 0.1) is 16.6 Å². The van der Waals surface area contributed by atoms with E-state index in [1.807, 2.05) is 79.4 Å². The van der Waals surface area contributed by atoms with Gasteiger partial charge in [-0.1, -0.05) is 213 Å². The molecular weight excluding hydrogens is 821 g/mol. The molecule has 11 rings (SSSR count). The van der Waals surface area contributed by atoms with Crippen LogP contribution in [0.5, 0.6) is 0 Å². The maximum atomic E-state index is 5.42. The van der Waals surface area contributed by atoms with E-state index in [0.29, 0.717) is 28.6 Å². The Morgan fingerprint density at radius 3 is 1.71 bits per heavy atom. The van der Waals surface area contributed by atoms with Crippen molar-refractivity contribution in [1.29, 1.82) is 0 Å². The molecule has 9 aromatic rings. The van der Waals surface area contributed by atoms with Crippen LogP contribution in [0.15, 0.2) is 229 Å². The number of pyridine rings is 1. The van der Waals surface area contributed by atoms with E-state index >= 15 is 0 Å². The number of fused-ring (bicyclic) bond motifs is 13. The van der Waals surface area contributed by atoms with Crippen molar-refractivity contribution < 1.29 is 0 Å². The molecule has 2 aromatic heterocycles. The molecule has 0 atom stereocenters. The smallest absolute Gasteiger partial charge is 0.164 e. The van der Waals surface area contributed by atoms with E-state index in [9.17, 15) is 0 Å². The number of benzene rings is 7. The molecule has 1 spiro atoms. The summed E-state index contributed by atoms with van der Waals surface area (Å²) in [4.78, 5) is 22.8. The number of hydrogen-bond donors (Lipinski definition) is 0. The third-order valence-corrected chi connectivity index (χ3v) is 14.0. The van der Waals surface area contributed by atoms with Gasteiger partial charge in [0.2, 0.25) is 0 Å². The highest BCUT2D eigenvalue weighted by Crippen LogP contribution is 2.63. The Bertz CT molecular complexity index is 3510. The first-order valence-electron chi connectivity index (χ1n) is 22.2. The van der Waals surface area contributed by atoms with Crippen LogP contribution in [0.2, 0.25) is 0 Å². The zero-order valence-electron chi connectivity index (χ0n) is 36.7. The number of nitrogens with zero attached hydrogens (tertiary/aromatic N) is 4. The van der Waals surface area contributed by atoms with Crippen LogP contribution in [0.1, 0.15) is 59.0 Å². The Hall–Kier alpha value is -7.99. The molecule has 5 heteroatoms. The number of rotatable bonds is 9. The first-order chi connectivity index (χ1) is 32.5. The lowest BCUT2D eigenvalue weighted by Crippen LogP contribution is -2.31. The van der Waals surface area contributed by atoms with Crippen LogP contribution >= 0.6 is 11.8 Å². The Balaban J connectivity index is 1.03. The molecule has 0 fully saturated rings. The molecule has 3 heterocycles. The highest BCUT2D eigenvalue weighted by Gasteiger charge is 2.50. The standard InChI is InChI=1S/C61H44N4S/c1-5-41(43-21-9-7-10-22-43)35-33-39(3)58-63-59(65-60(64-58)44-23-11-8-12-24-44)40(4)34-36-42(6-2)57-47-37-38-51-56(55(47)46-26-14-18-30-52(46)62-57)45-25-13-15-27-48(45)61(51)49-28-16-19-31-53(49)66-54-32-20-17-29-50(54)61/h5-38H,3-4H2,1-2H3/b35-33-,36-34-,41-5+,42-6+. The van der Waals surface area contributed by atoms with E-state index in [0.717, 1.165) is 44.3 Å². The summed E-state index contributed by atoms with van der Waals surface area (Å²) in [6.45, 7) is 13.0. The second kappa shape index (κ2) is 16.9. The average molecular weight is 865 g/mol. The molecule has 1 aliphatic heterocycles. The van der Waals surface area contributed by atoms with Gasteiger partial charge < -0.3 is 0 Å². The molecule has 2 aliphatic rings. The summed E-state index contributed by atoms with van der Waals surface area (Å²) in [6.07, 6.45) is 12.3. The number of aromatic nitrogens is 4. The number of para-hydroxylation sites is 1. The van der Waals surface area contributed by atoms with Crippen LogP contribution < -0.4 is 0 Å². The lowest BCUT2D eigenvalue weighted by Gasteiger charge is -2.39.